The van der Waals surface area contributed by atoms with Crippen molar-refractivity contribution >= 4 is 0 Å². The average Bonchev–Trinajstić information content (AvgIpc) is 2.63. The van der Waals surface area contributed by atoms with Crippen molar-refractivity contribution < 1.29 is 10.2 Å². The number of aromatic hydroxyl groups is 2. The van der Waals surface area contributed by atoms with Gasteiger partial charge < -0.3 is 10.2 Å². The third-order valence-corrected chi connectivity index (χ3v) is 4.44. The molecule has 2 N–H and O–H groups in total. The third-order valence-electron chi connectivity index (χ3n) is 4.44. The predicted octanol–water partition coefficient (Wildman–Crippen LogP) is 5.25. The minimum Gasteiger partial charge on any atom is -0.504 e. The van der Waals surface area contributed by atoms with E-state index in [-0.39, 0.29) is 11.5 Å². The fourth-order valence-electron chi connectivity index (χ4n) is 3.17. The van der Waals surface area contributed by atoms with E-state index in [9.17, 15) is 10.2 Å². The smallest absolute Gasteiger partial charge is 0.160 e. The Morgan fingerprint density at radius 3 is 1.83 bits per heavy atom. The first-order valence-electron chi connectivity index (χ1n) is 8.35. The molecule has 0 saturated heterocycles. The van der Waals surface area contributed by atoms with Gasteiger partial charge in [-0.05, 0) is 42.0 Å². The van der Waals surface area contributed by atoms with Crippen LogP contribution >= 0.6 is 0 Å². The van der Waals surface area contributed by atoms with Gasteiger partial charge in [0, 0.05) is 5.92 Å². The van der Waals surface area contributed by atoms with Gasteiger partial charge in [0.2, 0.25) is 0 Å². The number of hydrogen-bond donors (Lipinski definition) is 2. The monoisotopic (exact) mass is 318 g/mol. The molecule has 0 saturated carbocycles. The summed E-state index contributed by atoms with van der Waals surface area (Å²) in [7, 11) is 0. The Morgan fingerprint density at radius 1 is 0.667 bits per heavy atom. The van der Waals surface area contributed by atoms with Crippen molar-refractivity contribution in [2.45, 2.75) is 25.2 Å². The molecule has 24 heavy (non-hydrogen) atoms. The molecule has 3 aromatic rings. The summed E-state index contributed by atoms with van der Waals surface area (Å²) in [5, 5.41) is 19.6. The Labute approximate surface area is 143 Å². The van der Waals surface area contributed by atoms with E-state index in [2.05, 4.69) is 48.5 Å². The summed E-state index contributed by atoms with van der Waals surface area (Å²) >= 11 is 0. The number of phenols is 2. The maximum atomic E-state index is 9.95. The number of benzene rings is 3. The van der Waals surface area contributed by atoms with Gasteiger partial charge in [-0.25, -0.2) is 0 Å². The molecular formula is C22H22O2. The highest BCUT2D eigenvalue weighted by Crippen LogP contribution is 2.32. The van der Waals surface area contributed by atoms with Crippen LogP contribution in [-0.2, 0) is 6.42 Å². The van der Waals surface area contributed by atoms with E-state index in [1.165, 1.54) is 17.2 Å². The van der Waals surface area contributed by atoms with Gasteiger partial charge in [-0.3, -0.25) is 0 Å². The van der Waals surface area contributed by atoms with Crippen LogP contribution < -0.4 is 0 Å². The lowest BCUT2D eigenvalue weighted by molar-refractivity contribution is 0.398. The van der Waals surface area contributed by atoms with E-state index in [4.69, 9.17) is 0 Å². The quantitative estimate of drug-likeness (QED) is 0.609. The summed E-state index contributed by atoms with van der Waals surface area (Å²) < 4.78 is 0. The Morgan fingerprint density at radius 2 is 1.25 bits per heavy atom. The van der Waals surface area contributed by atoms with Crippen LogP contribution in [0, 0.1) is 0 Å². The molecule has 0 amide bonds. The minimum absolute atomic E-state index is 0.00784. The highest BCUT2D eigenvalue weighted by Gasteiger charge is 2.14. The zero-order valence-corrected chi connectivity index (χ0v) is 13.6. The van der Waals surface area contributed by atoms with Crippen molar-refractivity contribution in [2.24, 2.45) is 0 Å². The van der Waals surface area contributed by atoms with E-state index < -0.39 is 0 Å². The molecule has 122 valence electrons. The van der Waals surface area contributed by atoms with Crippen LogP contribution in [0.15, 0.2) is 78.9 Å². The summed E-state index contributed by atoms with van der Waals surface area (Å²) in [6.07, 6.45) is 2.67. The standard InChI is InChI=1S/C22H22O2/c23-21-16-8-14-19(22(21)24)13-7-15-20(17-9-3-1-4-10-17)18-11-5-2-6-12-18/h1-6,8-12,14,16,20,23-24H,7,13,15H2. The summed E-state index contributed by atoms with van der Waals surface area (Å²) in [5.41, 5.74) is 3.42. The molecule has 0 fully saturated rings. The van der Waals surface area contributed by atoms with E-state index >= 15 is 0 Å². The van der Waals surface area contributed by atoms with Gasteiger partial charge in [-0.2, -0.15) is 0 Å². The fourth-order valence-corrected chi connectivity index (χ4v) is 3.17. The summed E-state index contributed by atoms with van der Waals surface area (Å²) in [4.78, 5) is 0. The largest absolute Gasteiger partial charge is 0.504 e. The van der Waals surface area contributed by atoms with Crippen molar-refractivity contribution in [3.8, 4) is 11.5 Å². The molecule has 2 heteroatoms. The predicted molar refractivity (Wildman–Crippen MR) is 97.4 cm³/mol. The van der Waals surface area contributed by atoms with E-state index in [1.807, 2.05) is 18.2 Å². The lowest BCUT2D eigenvalue weighted by Crippen LogP contribution is -2.02. The first-order valence-corrected chi connectivity index (χ1v) is 8.35. The van der Waals surface area contributed by atoms with Crippen LogP contribution in [0.1, 0.15) is 35.4 Å². The molecule has 2 nitrogen and oxygen atoms in total. The molecule has 0 bridgehead atoms. The second-order valence-corrected chi connectivity index (χ2v) is 6.05. The molecular weight excluding hydrogens is 296 g/mol. The van der Waals surface area contributed by atoms with Crippen molar-refractivity contribution in [2.75, 3.05) is 0 Å². The number of rotatable bonds is 6. The van der Waals surface area contributed by atoms with Crippen LogP contribution in [0.25, 0.3) is 0 Å². The van der Waals surface area contributed by atoms with Gasteiger partial charge in [-0.15, -0.1) is 0 Å². The molecule has 3 rings (SSSR count). The van der Waals surface area contributed by atoms with Gasteiger partial charge in [0.05, 0.1) is 0 Å². The average molecular weight is 318 g/mol. The molecule has 0 aliphatic rings. The highest BCUT2D eigenvalue weighted by atomic mass is 16.3. The molecule has 0 atom stereocenters. The van der Waals surface area contributed by atoms with E-state index in [0.29, 0.717) is 5.92 Å². The normalized spacial score (nSPS) is 10.9. The van der Waals surface area contributed by atoms with Crippen LogP contribution in [0.4, 0.5) is 0 Å². The number of hydrogen-bond acceptors (Lipinski definition) is 2. The lowest BCUT2D eigenvalue weighted by atomic mass is 9.86. The Hall–Kier alpha value is -2.74. The van der Waals surface area contributed by atoms with Gasteiger partial charge in [0.25, 0.3) is 0 Å². The summed E-state index contributed by atoms with van der Waals surface area (Å²) in [5.74, 6) is 0.301. The molecule has 0 aliphatic heterocycles. The second-order valence-electron chi connectivity index (χ2n) is 6.05. The maximum Gasteiger partial charge on any atom is 0.160 e. The third kappa shape index (κ3) is 3.77. The molecule has 0 aromatic heterocycles. The van der Waals surface area contributed by atoms with Gasteiger partial charge in [0.15, 0.2) is 11.5 Å². The summed E-state index contributed by atoms with van der Waals surface area (Å²) in [6.45, 7) is 0. The topological polar surface area (TPSA) is 40.5 Å². The van der Waals surface area contributed by atoms with Crippen molar-refractivity contribution in [1.29, 1.82) is 0 Å². The van der Waals surface area contributed by atoms with E-state index in [1.54, 1.807) is 6.07 Å². The van der Waals surface area contributed by atoms with Crippen LogP contribution in [0.5, 0.6) is 11.5 Å². The van der Waals surface area contributed by atoms with Crippen molar-refractivity contribution in [1.82, 2.24) is 0 Å². The fraction of sp³-hybridized carbons (Fsp3) is 0.182. The first kappa shape index (κ1) is 16.1. The lowest BCUT2D eigenvalue weighted by Gasteiger charge is -2.18. The van der Waals surface area contributed by atoms with Gasteiger partial charge >= 0.3 is 0 Å². The molecule has 0 aliphatic carbocycles. The Balaban J connectivity index is 1.74. The van der Waals surface area contributed by atoms with Crippen LogP contribution in [0.2, 0.25) is 0 Å². The number of phenolic OH excluding ortho intramolecular Hbond substituents is 2. The second kappa shape index (κ2) is 7.69. The van der Waals surface area contributed by atoms with Gasteiger partial charge in [0.1, 0.15) is 0 Å². The van der Waals surface area contributed by atoms with E-state index in [0.717, 1.165) is 24.8 Å². The zero-order chi connectivity index (χ0) is 16.8. The molecule has 0 heterocycles. The summed E-state index contributed by atoms with van der Waals surface area (Å²) in [6, 6.07) is 26.2. The first-order chi connectivity index (χ1) is 11.8. The van der Waals surface area contributed by atoms with Crippen molar-refractivity contribution in [3.63, 3.8) is 0 Å². The SMILES string of the molecule is Oc1cccc(CCCC(c2ccccc2)c2ccccc2)c1O. The Bertz CT molecular complexity index is 727. The molecule has 3 aromatic carbocycles. The zero-order valence-electron chi connectivity index (χ0n) is 13.6. The molecule has 0 radical (unpaired) electrons. The minimum atomic E-state index is -0.0461. The van der Waals surface area contributed by atoms with Crippen LogP contribution in [0.3, 0.4) is 0 Å². The van der Waals surface area contributed by atoms with Crippen molar-refractivity contribution in [3.05, 3.63) is 95.6 Å². The Kier molecular flexibility index (Phi) is 5.17. The number of aryl methyl sites for hydroxylation is 1. The highest BCUT2D eigenvalue weighted by molar-refractivity contribution is 5.44. The molecule has 0 spiro atoms. The molecule has 0 unspecified atom stereocenters. The van der Waals surface area contributed by atoms with Gasteiger partial charge in [-0.1, -0.05) is 72.8 Å². The van der Waals surface area contributed by atoms with Crippen LogP contribution in [-0.4, -0.2) is 10.2 Å². The maximum absolute atomic E-state index is 9.95. The number of para-hydroxylation sites is 1.